The number of carbonyl (C=O) groups is 1. The number of halogens is 1. The van der Waals surface area contributed by atoms with Crippen molar-refractivity contribution in [3.8, 4) is 11.5 Å². The van der Waals surface area contributed by atoms with E-state index in [-0.39, 0.29) is 18.0 Å². The van der Waals surface area contributed by atoms with Gasteiger partial charge < -0.3 is 14.8 Å². The molecule has 0 heterocycles. The molecule has 2 aromatic rings. The van der Waals surface area contributed by atoms with Gasteiger partial charge in [-0.05, 0) is 46.6 Å². The Bertz CT molecular complexity index is 779. The van der Waals surface area contributed by atoms with Gasteiger partial charge in [0.1, 0.15) is 11.5 Å². The first-order valence-corrected chi connectivity index (χ1v) is 7.71. The number of carbonyl (C=O) groups excluding carboxylic acids is 1. The molecule has 0 saturated heterocycles. The lowest BCUT2D eigenvalue weighted by Crippen LogP contribution is -2.20. The number of aryl methyl sites for hydroxylation is 1. The molecule has 0 fully saturated rings. The molecule has 2 rings (SSSR count). The van der Waals surface area contributed by atoms with E-state index in [0.717, 1.165) is 10.0 Å². The smallest absolute Gasteiger partial charge is 0.271 e. The molecule has 0 aliphatic rings. The monoisotopic (exact) mass is 394 g/mol. The van der Waals surface area contributed by atoms with Crippen LogP contribution in [0.15, 0.2) is 40.9 Å². The summed E-state index contributed by atoms with van der Waals surface area (Å²) in [5, 5.41) is 13.4. The summed E-state index contributed by atoms with van der Waals surface area (Å²) in [4.78, 5) is 22.3. The number of nitro groups is 1. The van der Waals surface area contributed by atoms with Crippen LogP contribution in [0.3, 0.4) is 0 Å². The topological polar surface area (TPSA) is 90.7 Å². The molecule has 0 aliphatic carbocycles. The summed E-state index contributed by atoms with van der Waals surface area (Å²) in [5.41, 5.74) is 1.12. The minimum absolute atomic E-state index is 0.145. The average Bonchev–Trinajstić information content (AvgIpc) is 2.53. The fourth-order valence-corrected chi connectivity index (χ4v) is 2.57. The van der Waals surface area contributed by atoms with Gasteiger partial charge in [-0.2, -0.15) is 0 Å². The van der Waals surface area contributed by atoms with Crippen molar-refractivity contribution in [2.75, 3.05) is 19.0 Å². The molecule has 0 bridgehead atoms. The standard InChI is InChI=1S/C16H15BrN2O5/c1-10-3-5-14(12(17)7-10)24-9-16(20)18-13-8-11(19(21)22)4-6-15(13)23-2/h3-8H,9H2,1-2H3,(H,18,20). The maximum atomic E-state index is 12.0. The molecule has 126 valence electrons. The van der Waals surface area contributed by atoms with E-state index in [1.807, 2.05) is 19.1 Å². The summed E-state index contributed by atoms with van der Waals surface area (Å²) in [5.74, 6) is 0.397. The Morgan fingerprint density at radius 2 is 1.96 bits per heavy atom. The van der Waals surface area contributed by atoms with Crippen molar-refractivity contribution in [3.05, 3.63) is 56.5 Å². The fraction of sp³-hybridized carbons (Fsp3) is 0.188. The van der Waals surface area contributed by atoms with E-state index < -0.39 is 10.8 Å². The van der Waals surface area contributed by atoms with Gasteiger partial charge in [0.25, 0.3) is 11.6 Å². The van der Waals surface area contributed by atoms with Crippen LogP contribution in [-0.2, 0) is 4.79 Å². The Balaban J connectivity index is 2.06. The lowest BCUT2D eigenvalue weighted by atomic mass is 10.2. The Morgan fingerprint density at radius 3 is 2.58 bits per heavy atom. The molecule has 2 aromatic carbocycles. The summed E-state index contributed by atoms with van der Waals surface area (Å²) in [6.45, 7) is 1.70. The van der Waals surface area contributed by atoms with Gasteiger partial charge in [-0.15, -0.1) is 0 Å². The normalized spacial score (nSPS) is 10.1. The summed E-state index contributed by atoms with van der Waals surface area (Å²) in [6.07, 6.45) is 0. The first-order valence-electron chi connectivity index (χ1n) is 6.92. The Kier molecular flexibility index (Phi) is 5.75. The minimum Gasteiger partial charge on any atom is -0.495 e. The second kappa shape index (κ2) is 7.78. The predicted molar refractivity (Wildman–Crippen MR) is 92.7 cm³/mol. The maximum absolute atomic E-state index is 12.0. The van der Waals surface area contributed by atoms with E-state index in [2.05, 4.69) is 21.2 Å². The maximum Gasteiger partial charge on any atom is 0.271 e. The van der Waals surface area contributed by atoms with Crippen molar-refractivity contribution in [2.45, 2.75) is 6.92 Å². The molecule has 0 atom stereocenters. The van der Waals surface area contributed by atoms with Gasteiger partial charge in [-0.25, -0.2) is 0 Å². The quantitative estimate of drug-likeness (QED) is 0.595. The van der Waals surface area contributed by atoms with Crippen molar-refractivity contribution in [2.24, 2.45) is 0 Å². The Labute approximate surface area is 146 Å². The molecule has 0 saturated carbocycles. The highest BCUT2D eigenvalue weighted by Gasteiger charge is 2.14. The van der Waals surface area contributed by atoms with Crippen LogP contribution in [-0.4, -0.2) is 24.5 Å². The van der Waals surface area contributed by atoms with Crippen molar-refractivity contribution in [1.82, 2.24) is 0 Å². The van der Waals surface area contributed by atoms with Crippen molar-refractivity contribution >= 4 is 33.2 Å². The fourth-order valence-electron chi connectivity index (χ4n) is 1.96. The molecule has 1 amide bonds. The van der Waals surface area contributed by atoms with Crippen molar-refractivity contribution in [1.29, 1.82) is 0 Å². The van der Waals surface area contributed by atoms with E-state index in [0.29, 0.717) is 11.5 Å². The number of hydrogen-bond donors (Lipinski definition) is 1. The number of nitro benzene ring substituents is 1. The van der Waals surface area contributed by atoms with Gasteiger partial charge in [-0.3, -0.25) is 14.9 Å². The molecule has 0 unspecified atom stereocenters. The second-order valence-electron chi connectivity index (χ2n) is 4.91. The number of non-ortho nitro benzene ring substituents is 1. The lowest BCUT2D eigenvalue weighted by molar-refractivity contribution is -0.384. The zero-order chi connectivity index (χ0) is 17.7. The molecule has 1 N–H and O–H groups in total. The van der Waals surface area contributed by atoms with E-state index >= 15 is 0 Å². The summed E-state index contributed by atoms with van der Waals surface area (Å²) in [6, 6.07) is 9.44. The summed E-state index contributed by atoms with van der Waals surface area (Å²) >= 11 is 3.36. The third kappa shape index (κ3) is 4.45. The summed E-state index contributed by atoms with van der Waals surface area (Å²) < 4.78 is 11.3. The molecular weight excluding hydrogens is 380 g/mol. The number of anilines is 1. The van der Waals surface area contributed by atoms with Gasteiger partial charge in [0.15, 0.2) is 6.61 Å². The van der Waals surface area contributed by atoms with Crippen LogP contribution < -0.4 is 14.8 Å². The second-order valence-corrected chi connectivity index (χ2v) is 5.77. The lowest BCUT2D eigenvalue weighted by Gasteiger charge is -2.11. The zero-order valence-electron chi connectivity index (χ0n) is 13.0. The van der Waals surface area contributed by atoms with Gasteiger partial charge >= 0.3 is 0 Å². The Morgan fingerprint density at radius 1 is 1.25 bits per heavy atom. The zero-order valence-corrected chi connectivity index (χ0v) is 14.6. The van der Waals surface area contributed by atoms with Crippen LogP contribution in [0.25, 0.3) is 0 Å². The highest BCUT2D eigenvalue weighted by molar-refractivity contribution is 9.10. The molecular formula is C16H15BrN2O5. The molecule has 0 radical (unpaired) electrons. The third-order valence-electron chi connectivity index (χ3n) is 3.11. The highest BCUT2D eigenvalue weighted by atomic mass is 79.9. The number of ether oxygens (including phenoxy) is 2. The van der Waals surface area contributed by atoms with Gasteiger partial charge in [0.05, 0.1) is 22.2 Å². The number of nitrogens with one attached hydrogen (secondary N) is 1. The minimum atomic E-state index is -0.547. The average molecular weight is 395 g/mol. The number of nitrogens with zero attached hydrogens (tertiary/aromatic N) is 1. The number of amides is 1. The van der Waals surface area contributed by atoms with Gasteiger partial charge in [0, 0.05) is 12.1 Å². The Hall–Kier alpha value is -2.61. The molecule has 0 spiro atoms. The van der Waals surface area contributed by atoms with Crippen LogP contribution in [0.2, 0.25) is 0 Å². The molecule has 0 aliphatic heterocycles. The van der Waals surface area contributed by atoms with Gasteiger partial charge in [-0.1, -0.05) is 6.07 Å². The van der Waals surface area contributed by atoms with Crippen LogP contribution in [0.4, 0.5) is 11.4 Å². The van der Waals surface area contributed by atoms with E-state index in [4.69, 9.17) is 9.47 Å². The number of rotatable bonds is 6. The number of methoxy groups -OCH3 is 1. The molecule has 24 heavy (non-hydrogen) atoms. The van der Waals surface area contributed by atoms with Gasteiger partial charge in [0.2, 0.25) is 0 Å². The number of benzene rings is 2. The van der Waals surface area contributed by atoms with E-state index in [1.54, 1.807) is 6.07 Å². The van der Waals surface area contributed by atoms with Crippen LogP contribution in [0.1, 0.15) is 5.56 Å². The first-order chi connectivity index (χ1) is 11.4. The van der Waals surface area contributed by atoms with E-state index in [9.17, 15) is 14.9 Å². The SMILES string of the molecule is COc1ccc([N+](=O)[O-])cc1NC(=O)COc1ccc(C)cc1Br. The van der Waals surface area contributed by atoms with Crippen molar-refractivity contribution < 1.29 is 19.2 Å². The third-order valence-corrected chi connectivity index (χ3v) is 3.73. The molecule has 0 aromatic heterocycles. The van der Waals surface area contributed by atoms with E-state index in [1.165, 1.54) is 25.3 Å². The van der Waals surface area contributed by atoms with Crippen LogP contribution in [0.5, 0.6) is 11.5 Å². The van der Waals surface area contributed by atoms with Crippen LogP contribution in [0, 0.1) is 17.0 Å². The van der Waals surface area contributed by atoms with Crippen LogP contribution >= 0.6 is 15.9 Å². The van der Waals surface area contributed by atoms with Crippen molar-refractivity contribution in [3.63, 3.8) is 0 Å². The summed E-state index contributed by atoms with van der Waals surface area (Å²) in [7, 11) is 1.41. The largest absolute Gasteiger partial charge is 0.495 e. The molecule has 7 nitrogen and oxygen atoms in total. The predicted octanol–water partition coefficient (Wildman–Crippen LogP) is 3.69. The first kappa shape index (κ1) is 17.7. The molecule has 8 heteroatoms. The number of hydrogen-bond acceptors (Lipinski definition) is 5. The highest BCUT2D eigenvalue weighted by Crippen LogP contribution is 2.29.